The first kappa shape index (κ1) is 20.0. The van der Waals surface area contributed by atoms with E-state index >= 15 is 0 Å². The molecule has 0 heterocycles. The Bertz CT molecular complexity index is 896. The van der Waals surface area contributed by atoms with E-state index in [9.17, 15) is 18.0 Å². The van der Waals surface area contributed by atoms with Gasteiger partial charge in [-0.15, -0.1) is 0 Å². The molecule has 4 N–H and O–H groups in total. The summed E-state index contributed by atoms with van der Waals surface area (Å²) in [6.45, 7) is -0.0893. The molecular weight excluding hydrogens is 372 g/mol. The van der Waals surface area contributed by atoms with Crippen LogP contribution in [0.4, 0.5) is 21.9 Å². The van der Waals surface area contributed by atoms with Crippen molar-refractivity contribution in [3.05, 3.63) is 48.5 Å². The van der Waals surface area contributed by atoms with Crippen LogP contribution in [0.25, 0.3) is 0 Å². The van der Waals surface area contributed by atoms with Crippen LogP contribution in [-0.2, 0) is 14.8 Å². The summed E-state index contributed by atoms with van der Waals surface area (Å²) in [4.78, 5) is 23.1. The number of urea groups is 1. The van der Waals surface area contributed by atoms with E-state index < -0.39 is 16.1 Å². The Morgan fingerprint density at radius 3 is 1.85 bits per heavy atom. The van der Waals surface area contributed by atoms with Crippen LogP contribution in [0, 0.1) is 0 Å². The summed E-state index contributed by atoms with van der Waals surface area (Å²) >= 11 is 0. The quantitative estimate of drug-likeness (QED) is 0.572. The first-order valence-electron chi connectivity index (χ1n) is 7.84. The molecule has 0 atom stereocenters. The van der Waals surface area contributed by atoms with Gasteiger partial charge in [0.05, 0.1) is 6.26 Å². The van der Waals surface area contributed by atoms with Crippen molar-refractivity contribution in [3.8, 4) is 5.75 Å². The summed E-state index contributed by atoms with van der Waals surface area (Å²) < 4.78 is 29.9. The Morgan fingerprint density at radius 1 is 0.889 bits per heavy atom. The van der Waals surface area contributed by atoms with E-state index in [4.69, 9.17) is 4.74 Å². The molecule has 0 saturated heterocycles. The highest BCUT2D eigenvalue weighted by molar-refractivity contribution is 7.92. The molecule has 0 saturated carbocycles. The minimum absolute atomic E-state index is 0.0893. The average molecular weight is 392 g/mol. The maximum Gasteiger partial charge on any atom is 0.323 e. The summed E-state index contributed by atoms with van der Waals surface area (Å²) in [6.07, 6.45) is 1.06. The molecule has 0 aromatic heterocycles. The first-order valence-corrected chi connectivity index (χ1v) is 9.73. The van der Waals surface area contributed by atoms with Gasteiger partial charge in [0.2, 0.25) is 10.0 Å². The molecule has 0 unspecified atom stereocenters. The zero-order valence-corrected chi connectivity index (χ0v) is 15.6. The third kappa shape index (κ3) is 7.24. The highest BCUT2D eigenvalue weighted by Crippen LogP contribution is 2.17. The van der Waals surface area contributed by atoms with Gasteiger partial charge in [0.25, 0.3) is 5.91 Å². The SMILES string of the molecule is CNC(=O)COc1ccc(NC(=O)Nc2ccc(NS(C)(=O)=O)cc2)cc1. The van der Waals surface area contributed by atoms with Gasteiger partial charge in [-0.25, -0.2) is 13.2 Å². The number of benzene rings is 2. The van der Waals surface area contributed by atoms with Crippen LogP contribution in [0.1, 0.15) is 0 Å². The molecule has 0 spiro atoms. The van der Waals surface area contributed by atoms with Crippen LogP contribution >= 0.6 is 0 Å². The van der Waals surface area contributed by atoms with Gasteiger partial charge >= 0.3 is 6.03 Å². The van der Waals surface area contributed by atoms with Crippen LogP contribution in [0.5, 0.6) is 5.75 Å². The number of likely N-dealkylation sites (N-methyl/N-ethyl adjacent to an activating group) is 1. The summed E-state index contributed by atoms with van der Waals surface area (Å²) in [6, 6.07) is 12.3. The number of sulfonamides is 1. The van der Waals surface area contributed by atoms with Gasteiger partial charge in [0.15, 0.2) is 6.61 Å². The van der Waals surface area contributed by atoms with Gasteiger partial charge in [-0.3, -0.25) is 9.52 Å². The lowest BCUT2D eigenvalue weighted by molar-refractivity contribution is -0.122. The van der Waals surface area contributed by atoms with E-state index in [1.54, 1.807) is 36.4 Å². The second kappa shape index (κ2) is 8.90. The Balaban J connectivity index is 1.87. The van der Waals surface area contributed by atoms with E-state index in [0.29, 0.717) is 22.8 Å². The molecule has 0 aliphatic rings. The highest BCUT2D eigenvalue weighted by atomic mass is 32.2. The first-order chi connectivity index (χ1) is 12.7. The fourth-order valence-corrected chi connectivity index (χ4v) is 2.55. The van der Waals surface area contributed by atoms with Crippen molar-refractivity contribution >= 4 is 39.0 Å². The topological polar surface area (TPSA) is 126 Å². The minimum atomic E-state index is -3.35. The molecule has 144 valence electrons. The molecule has 0 fully saturated rings. The molecular formula is C17H20N4O5S. The number of hydrogen-bond acceptors (Lipinski definition) is 5. The van der Waals surface area contributed by atoms with Crippen molar-refractivity contribution in [1.82, 2.24) is 5.32 Å². The molecule has 27 heavy (non-hydrogen) atoms. The predicted octanol–water partition coefficient (Wildman–Crippen LogP) is 1.83. The maximum atomic E-state index is 12.0. The fourth-order valence-electron chi connectivity index (χ4n) is 1.98. The number of anilines is 3. The molecule has 10 heteroatoms. The normalized spacial score (nSPS) is 10.6. The van der Waals surface area contributed by atoms with E-state index in [0.717, 1.165) is 6.26 Å². The van der Waals surface area contributed by atoms with E-state index in [1.165, 1.54) is 19.2 Å². The monoisotopic (exact) mass is 392 g/mol. The van der Waals surface area contributed by atoms with Crippen LogP contribution < -0.4 is 25.4 Å². The molecule has 0 bridgehead atoms. The average Bonchev–Trinajstić information content (AvgIpc) is 2.61. The molecule has 9 nitrogen and oxygen atoms in total. The Labute approximate surface area is 157 Å². The number of ether oxygens (including phenoxy) is 1. The molecule has 0 aliphatic carbocycles. The lowest BCUT2D eigenvalue weighted by Crippen LogP contribution is -2.24. The van der Waals surface area contributed by atoms with Crippen molar-refractivity contribution in [2.24, 2.45) is 0 Å². The molecule has 0 aliphatic heterocycles. The number of carbonyl (C=O) groups excluding carboxylic acids is 2. The number of carbonyl (C=O) groups is 2. The van der Waals surface area contributed by atoms with E-state index in [2.05, 4.69) is 20.7 Å². The maximum absolute atomic E-state index is 12.0. The Kier molecular flexibility index (Phi) is 6.61. The molecule has 2 rings (SSSR count). The van der Waals surface area contributed by atoms with Crippen LogP contribution in [-0.4, -0.2) is 40.3 Å². The summed E-state index contributed by atoms with van der Waals surface area (Å²) in [5.41, 5.74) is 1.43. The lowest BCUT2D eigenvalue weighted by atomic mass is 10.3. The Hall–Kier alpha value is -3.27. The second-order valence-electron chi connectivity index (χ2n) is 5.52. The van der Waals surface area contributed by atoms with Crippen LogP contribution in [0.15, 0.2) is 48.5 Å². The van der Waals surface area contributed by atoms with Gasteiger partial charge in [-0.1, -0.05) is 0 Å². The minimum Gasteiger partial charge on any atom is -0.484 e. The number of amides is 3. The molecule has 2 aromatic carbocycles. The molecule has 2 aromatic rings. The number of hydrogen-bond donors (Lipinski definition) is 4. The molecule has 3 amide bonds. The number of nitrogens with one attached hydrogen (secondary N) is 4. The van der Waals surface area contributed by atoms with E-state index in [-0.39, 0.29) is 12.5 Å². The third-order valence-corrected chi connectivity index (χ3v) is 3.81. The Morgan fingerprint density at radius 2 is 1.37 bits per heavy atom. The molecule has 0 radical (unpaired) electrons. The van der Waals surface area contributed by atoms with Crippen LogP contribution in [0.2, 0.25) is 0 Å². The standard InChI is InChI=1S/C17H20N4O5S/c1-18-16(22)11-26-15-9-7-13(8-10-15)20-17(23)19-12-3-5-14(6-4-12)21-27(2,24)25/h3-10,21H,11H2,1-2H3,(H,18,22)(H2,19,20,23). The predicted molar refractivity (Wildman–Crippen MR) is 104 cm³/mol. The van der Waals surface area contributed by atoms with Crippen molar-refractivity contribution in [1.29, 1.82) is 0 Å². The van der Waals surface area contributed by atoms with Gasteiger partial charge in [-0.05, 0) is 48.5 Å². The van der Waals surface area contributed by atoms with Crippen molar-refractivity contribution in [2.75, 3.05) is 35.3 Å². The van der Waals surface area contributed by atoms with Crippen molar-refractivity contribution in [2.45, 2.75) is 0 Å². The van der Waals surface area contributed by atoms with Crippen LogP contribution in [0.3, 0.4) is 0 Å². The summed E-state index contributed by atoms with van der Waals surface area (Å²) in [5, 5.41) is 7.73. The van der Waals surface area contributed by atoms with Gasteiger partial charge < -0.3 is 20.7 Å². The second-order valence-corrected chi connectivity index (χ2v) is 7.27. The zero-order valence-electron chi connectivity index (χ0n) is 14.8. The highest BCUT2D eigenvalue weighted by Gasteiger charge is 2.05. The van der Waals surface area contributed by atoms with Gasteiger partial charge in [0.1, 0.15) is 5.75 Å². The fraction of sp³-hybridized carbons (Fsp3) is 0.176. The smallest absolute Gasteiger partial charge is 0.323 e. The summed E-state index contributed by atoms with van der Waals surface area (Å²) in [7, 11) is -1.83. The van der Waals surface area contributed by atoms with E-state index in [1.807, 2.05) is 0 Å². The van der Waals surface area contributed by atoms with Gasteiger partial charge in [0, 0.05) is 24.1 Å². The number of rotatable bonds is 7. The van der Waals surface area contributed by atoms with Crippen molar-refractivity contribution in [3.63, 3.8) is 0 Å². The van der Waals surface area contributed by atoms with Crippen molar-refractivity contribution < 1.29 is 22.7 Å². The van der Waals surface area contributed by atoms with Gasteiger partial charge in [-0.2, -0.15) is 0 Å². The zero-order chi connectivity index (χ0) is 19.9. The largest absolute Gasteiger partial charge is 0.484 e. The summed E-state index contributed by atoms with van der Waals surface area (Å²) in [5.74, 6) is 0.257. The lowest BCUT2D eigenvalue weighted by Gasteiger charge is -2.10. The third-order valence-electron chi connectivity index (χ3n) is 3.21.